The van der Waals surface area contributed by atoms with Gasteiger partial charge < -0.3 is 15.2 Å². The quantitative estimate of drug-likeness (QED) is 0.749. The number of rotatable bonds is 5. The van der Waals surface area contributed by atoms with Crippen LogP contribution in [0.3, 0.4) is 0 Å². The monoisotopic (exact) mass is 243 g/mol. The van der Waals surface area contributed by atoms with Crippen LogP contribution in [0.5, 0.6) is 0 Å². The maximum atomic E-state index is 11.8. The van der Waals surface area contributed by atoms with E-state index in [1.807, 2.05) is 0 Å². The van der Waals surface area contributed by atoms with Crippen molar-refractivity contribution < 1.29 is 14.3 Å². The minimum absolute atomic E-state index is 0.0144. The zero-order valence-electron chi connectivity index (χ0n) is 11.1. The third-order valence-electron chi connectivity index (χ3n) is 3.22. The van der Waals surface area contributed by atoms with Gasteiger partial charge in [-0.1, -0.05) is 13.8 Å². The molecular formula is C13H25NO3. The van der Waals surface area contributed by atoms with Gasteiger partial charge in [0.25, 0.3) is 0 Å². The van der Waals surface area contributed by atoms with Crippen LogP contribution in [0.25, 0.3) is 0 Å². The lowest BCUT2D eigenvalue weighted by molar-refractivity contribution is -0.154. The van der Waals surface area contributed by atoms with Crippen molar-refractivity contribution in [2.75, 3.05) is 7.11 Å². The van der Waals surface area contributed by atoms with Crippen LogP contribution >= 0.6 is 0 Å². The van der Waals surface area contributed by atoms with Gasteiger partial charge in [-0.2, -0.15) is 0 Å². The van der Waals surface area contributed by atoms with Gasteiger partial charge >= 0.3 is 5.97 Å². The van der Waals surface area contributed by atoms with Gasteiger partial charge in [0.1, 0.15) is 12.1 Å². The summed E-state index contributed by atoms with van der Waals surface area (Å²) in [4.78, 5) is 11.8. The summed E-state index contributed by atoms with van der Waals surface area (Å²) < 4.78 is 10.7. The summed E-state index contributed by atoms with van der Waals surface area (Å²) in [5, 5.41) is 0. The minimum Gasteiger partial charge on any atom is -0.461 e. The zero-order valence-corrected chi connectivity index (χ0v) is 11.1. The predicted molar refractivity (Wildman–Crippen MR) is 66.6 cm³/mol. The molecule has 0 saturated heterocycles. The lowest BCUT2D eigenvalue weighted by Gasteiger charge is -2.28. The highest BCUT2D eigenvalue weighted by atomic mass is 16.5. The zero-order chi connectivity index (χ0) is 12.8. The molecule has 0 bridgehead atoms. The average molecular weight is 243 g/mol. The van der Waals surface area contributed by atoms with Gasteiger partial charge in [-0.15, -0.1) is 0 Å². The molecule has 1 rings (SSSR count). The van der Waals surface area contributed by atoms with Crippen molar-refractivity contribution >= 4 is 5.97 Å². The molecule has 1 aliphatic carbocycles. The molecular weight excluding hydrogens is 218 g/mol. The fourth-order valence-electron chi connectivity index (χ4n) is 2.28. The standard InChI is InChI=1S/C13H25NO3/c1-9(2)7-12(14)13(15)17-11-6-4-5-10(8-11)16-3/h9-12H,4-8,14H2,1-3H3/t10?,11?,12-/m0/s1. The topological polar surface area (TPSA) is 61.5 Å². The molecule has 0 aromatic rings. The summed E-state index contributed by atoms with van der Waals surface area (Å²) in [6, 6.07) is -0.488. The molecule has 4 heteroatoms. The molecule has 17 heavy (non-hydrogen) atoms. The number of esters is 1. The molecule has 1 aliphatic rings. The average Bonchev–Trinajstić information content (AvgIpc) is 2.28. The van der Waals surface area contributed by atoms with Crippen LogP contribution in [0.15, 0.2) is 0 Å². The SMILES string of the molecule is COC1CCCC(OC(=O)[C@@H](N)CC(C)C)C1. The van der Waals surface area contributed by atoms with Crippen molar-refractivity contribution in [1.29, 1.82) is 0 Å². The lowest BCUT2D eigenvalue weighted by atomic mass is 9.95. The van der Waals surface area contributed by atoms with Crippen LogP contribution in [-0.2, 0) is 14.3 Å². The Hall–Kier alpha value is -0.610. The van der Waals surface area contributed by atoms with Gasteiger partial charge in [-0.25, -0.2) is 0 Å². The van der Waals surface area contributed by atoms with Crippen LogP contribution < -0.4 is 5.73 Å². The Morgan fingerprint density at radius 1 is 1.35 bits per heavy atom. The van der Waals surface area contributed by atoms with Crippen LogP contribution in [-0.4, -0.2) is 31.3 Å². The molecule has 2 N–H and O–H groups in total. The highest BCUT2D eigenvalue weighted by Gasteiger charge is 2.26. The number of carbonyl (C=O) groups excluding carboxylic acids is 1. The van der Waals surface area contributed by atoms with Crippen molar-refractivity contribution in [3.63, 3.8) is 0 Å². The second-order valence-electron chi connectivity index (χ2n) is 5.32. The Kier molecular flexibility index (Phi) is 5.92. The van der Waals surface area contributed by atoms with Gasteiger partial charge in [0.2, 0.25) is 0 Å². The van der Waals surface area contributed by atoms with E-state index in [-0.39, 0.29) is 18.2 Å². The highest BCUT2D eigenvalue weighted by molar-refractivity contribution is 5.75. The summed E-state index contributed by atoms with van der Waals surface area (Å²) in [5.74, 6) is 0.149. The summed E-state index contributed by atoms with van der Waals surface area (Å²) in [6.07, 6.45) is 4.73. The summed E-state index contributed by atoms with van der Waals surface area (Å²) in [7, 11) is 1.71. The van der Waals surface area contributed by atoms with E-state index in [4.69, 9.17) is 15.2 Å². The maximum absolute atomic E-state index is 11.8. The molecule has 0 radical (unpaired) electrons. The van der Waals surface area contributed by atoms with Crippen molar-refractivity contribution in [2.45, 2.75) is 64.2 Å². The van der Waals surface area contributed by atoms with Crippen LogP contribution in [0.1, 0.15) is 46.0 Å². The smallest absolute Gasteiger partial charge is 0.323 e. The predicted octanol–water partition coefficient (Wildman–Crippen LogP) is 1.86. The molecule has 2 unspecified atom stereocenters. The van der Waals surface area contributed by atoms with Crippen molar-refractivity contribution in [1.82, 2.24) is 0 Å². The van der Waals surface area contributed by atoms with E-state index >= 15 is 0 Å². The molecule has 0 aromatic heterocycles. The third-order valence-corrected chi connectivity index (χ3v) is 3.22. The molecule has 100 valence electrons. The highest BCUT2D eigenvalue weighted by Crippen LogP contribution is 2.23. The Morgan fingerprint density at radius 2 is 2.00 bits per heavy atom. The van der Waals surface area contributed by atoms with E-state index in [1.54, 1.807) is 7.11 Å². The van der Waals surface area contributed by atoms with E-state index in [0.717, 1.165) is 25.7 Å². The Bertz CT molecular complexity index is 243. The Labute approximate surface area is 104 Å². The maximum Gasteiger partial charge on any atom is 0.323 e. The third kappa shape index (κ3) is 5.04. The number of hydrogen-bond acceptors (Lipinski definition) is 4. The number of hydrogen-bond donors (Lipinski definition) is 1. The minimum atomic E-state index is -0.488. The van der Waals surface area contributed by atoms with Crippen molar-refractivity contribution in [2.24, 2.45) is 11.7 Å². The first-order valence-corrected chi connectivity index (χ1v) is 6.51. The van der Waals surface area contributed by atoms with Crippen molar-refractivity contribution in [3.05, 3.63) is 0 Å². The van der Waals surface area contributed by atoms with E-state index in [2.05, 4.69) is 13.8 Å². The fraction of sp³-hybridized carbons (Fsp3) is 0.923. The van der Waals surface area contributed by atoms with Gasteiger partial charge in [0, 0.05) is 13.5 Å². The summed E-state index contributed by atoms with van der Waals surface area (Å²) >= 11 is 0. The van der Waals surface area contributed by atoms with E-state index in [0.29, 0.717) is 12.3 Å². The molecule has 0 heterocycles. The van der Waals surface area contributed by atoms with Crippen LogP contribution in [0.2, 0.25) is 0 Å². The van der Waals surface area contributed by atoms with E-state index in [9.17, 15) is 4.79 Å². The van der Waals surface area contributed by atoms with Crippen LogP contribution in [0.4, 0.5) is 0 Å². The van der Waals surface area contributed by atoms with Gasteiger partial charge in [0.15, 0.2) is 0 Å². The van der Waals surface area contributed by atoms with Crippen LogP contribution in [0, 0.1) is 5.92 Å². The first kappa shape index (κ1) is 14.5. The normalized spacial score (nSPS) is 26.9. The number of methoxy groups -OCH3 is 1. The number of ether oxygens (including phenoxy) is 2. The second kappa shape index (κ2) is 6.97. The van der Waals surface area contributed by atoms with E-state index in [1.165, 1.54) is 0 Å². The largest absolute Gasteiger partial charge is 0.461 e. The number of carbonyl (C=O) groups is 1. The lowest BCUT2D eigenvalue weighted by Crippen LogP contribution is -2.38. The Balaban J connectivity index is 2.34. The molecule has 0 aliphatic heterocycles. The fourth-order valence-corrected chi connectivity index (χ4v) is 2.28. The molecule has 0 aromatic carbocycles. The van der Waals surface area contributed by atoms with E-state index < -0.39 is 6.04 Å². The molecule has 3 atom stereocenters. The molecule has 1 fully saturated rings. The molecule has 4 nitrogen and oxygen atoms in total. The van der Waals surface area contributed by atoms with Gasteiger partial charge in [-0.05, 0) is 31.6 Å². The first-order chi connectivity index (χ1) is 8.02. The van der Waals surface area contributed by atoms with Gasteiger partial charge in [0.05, 0.1) is 6.10 Å². The molecule has 0 spiro atoms. The molecule has 0 amide bonds. The molecule has 1 saturated carbocycles. The summed E-state index contributed by atoms with van der Waals surface area (Å²) in [5.41, 5.74) is 5.80. The first-order valence-electron chi connectivity index (χ1n) is 6.51. The summed E-state index contributed by atoms with van der Waals surface area (Å²) in [6.45, 7) is 4.10. The number of nitrogens with two attached hydrogens (primary N) is 1. The van der Waals surface area contributed by atoms with Gasteiger partial charge in [-0.3, -0.25) is 4.79 Å². The van der Waals surface area contributed by atoms with Crippen molar-refractivity contribution in [3.8, 4) is 0 Å². The Morgan fingerprint density at radius 3 is 2.59 bits per heavy atom. The second-order valence-corrected chi connectivity index (χ2v) is 5.32.